The summed E-state index contributed by atoms with van der Waals surface area (Å²) in [6, 6.07) is 0. The van der Waals surface area contributed by atoms with Gasteiger partial charge in [0, 0.05) is 0 Å². The van der Waals surface area contributed by atoms with Gasteiger partial charge in [-0.3, -0.25) is 4.55 Å². The first kappa shape index (κ1) is 9.43. The quantitative estimate of drug-likeness (QED) is 0.575. The Labute approximate surface area is 68.9 Å². The summed E-state index contributed by atoms with van der Waals surface area (Å²) in [6.45, 7) is 0. The van der Waals surface area contributed by atoms with E-state index in [1.54, 1.807) is 0 Å². The van der Waals surface area contributed by atoms with Crippen LogP contribution in [0.25, 0.3) is 0 Å². The molecule has 1 aliphatic heterocycles. The van der Waals surface area contributed by atoms with Crippen LogP contribution in [0.1, 0.15) is 12.8 Å². The van der Waals surface area contributed by atoms with Gasteiger partial charge in [0.05, 0.1) is 0 Å². The molecule has 1 saturated heterocycles. The van der Waals surface area contributed by atoms with E-state index in [2.05, 4.69) is 4.74 Å². The molecule has 0 aromatic heterocycles. The molecule has 2 N–H and O–H groups in total. The zero-order chi connectivity index (χ0) is 9.35. The van der Waals surface area contributed by atoms with Crippen LogP contribution in [-0.2, 0) is 19.6 Å². The van der Waals surface area contributed by atoms with Crippen molar-refractivity contribution in [2.75, 3.05) is 0 Å². The Kier molecular flexibility index (Phi) is 2.36. The van der Waals surface area contributed by atoms with Crippen LogP contribution in [-0.4, -0.2) is 35.6 Å². The van der Waals surface area contributed by atoms with Gasteiger partial charge >= 0.3 is 5.97 Å². The van der Waals surface area contributed by atoms with E-state index in [0.29, 0.717) is 0 Å². The van der Waals surface area contributed by atoms with Crippen LogP contribution >= 0.6 is 0 Å². The second-order valence-corrected chi connectivity index (χ2v) is 4.04. The summed E-state index contributed by atoms with van der Waals surface area (Å²) in [4.78, 5) is 10.3. The molecule has 0 radical (unpaired) electrons. The van der Waals surface area contributed by atoms with E-state index in [1.165, 1.54) is 0 Å². The molecule has 0 bridgehead atoms. The molecular formula is C5H8O6S. The molecule has 7 heteroatoms. The number of ether oxygens (including phenoxy) is 1. The average molecular weight is 196 g/mol. The van der Waals surface area contributed by atoms with Gasteiger partial charge in [0.15, 0.2) is 11.5 Å². The fourth-order valence-corrected chi connectivity index (χ4v) is 1.72. The Balaban J connectivity index is 2.64. The summed E-state index contributed by atoms with van der Waals surface area (Å²) < 4.78 is 33.9. The monoisotopic (exact) mass is 196 g/mol. The van der Waals surface area contributed by atoms with Crippen LogP contribution in [0.5, 0.6) is 0 Å². The summed E-state index contributed by atoms with van der Waals surface area (Å²) in [7, 11) is -4.25. The van der Waals surface area contributed by atoms with Gasteiger partial charge in [0.1, 0.15) is 0 Å². The molecule has 0 saturated carbocycles. The summed E-state index contributed by atoms with van der Waals surface area (Å²) in [5, 5.41) is 8.40. The lowest BCUT2D eigenvalue weighted by Gasteiger charge is -2.06. The van der Waals surface area contributed by atoms with E-state index in [1.807, 2.05) is 0 Å². The second-order valence-electron chi connectivity index (χ2n) is 2.48. The van der Waals surface area contributed by atoms with E-state index in [-0.39, 0.29) is 12.8 Å². The number of carbonyl (C=O) groups is 1. The SMILES string of the molecule is O=C(O)[C@H]1CC[C@H](S(=O)(=O)O)O1. The van der Waals surface area contributed by atoms with Crippen molar-refractivity contribution >= 4 is 16.1 Å². The average Bonchev–Trinajstić information content (AvgIpc) is 2.30. The molecule has 1 aliphatic rings. The number of carboxylic acid groups (broad SMARTS) is 1. The van der Waals surface area contributed by atoms with Crippen molar-refractivity contribution in [1.82, 2.24) is 0 Å². The van der Waals surface area contributed by atoms with E-state index >= 15 is 0 Å². The van der Waals surface area contributed by atoms with Crippen LogP contribution in [0.3, 0.4) is 0 Å². The van der Waals surface area contributed by atoms with Crippen molar-refractivity contribution in [2.24, 2.45) is 0 Å². The highest BCUT2D eigenvalue weighted by molar-refractivity contribution is 7.86. The molecule has 0 aromatic rings. The summed E-state index contributed by atoms with van der Waals surface area (Å²) in [5.41, 5.74) is -1.38. The molecule has 0 unspecified atom stereocenters. The minimum atomic E-state index is -4.25. The lowest BCUT2D eigenvalue weighted by atomic mass is 10.2. The Hall–Kier alpha value is -0.660. The van der Waals surface area contributed by atoms with E-state index < -0.39 is 27.6 Å². The van der Waals surface area contributed by atoms with Crippen molar-refractivity contribution in [3.8, 4) is 0 Å². The third-order valence-electron chi connectivity index (χ3n) is 1.59. The zero-order valence-corrected chi connectivity index (χ0v) is 6.82. The number of hydrogen-bond acceptors (Lipinski definition) is 4. The van der Waals surface area contributed by atoms with Gasteiger partial charge in [0.25, 0.3) is 10.1 Å². The fraction of sp³-hybridized carbons (Fsp3) is 0.800. The lowest BCUT2D eigenvalue weighted by Crippen LogP contribution is -2.24. The van der Waals surface area contributed by atoms with E-state index in [0.717, 1.165) is 0 Å². The highest BCUT2D eigenvalue weighted by atomic mass is 32.2. The van der Waals surface area contributed by atoms with Gasteiger partial charge in [0.2, 0.25) is 0 Å². The third-order valence-corrected chi connectivity index (χ3v) is 2.60. The third kappa shape index (κ3) is 1.93. The van der Waals surface area contributed by atoms with Gasteiger partial charge in [-0.05, 0) is 12.8 Å². The van der Waals surface area contributed by atoms with Gasteiger partial charge in [-0.1, -0.05) is 0 Å². The van der Waals surface area contributed by atoms with Crippen LogP contribution < -0.4 is 0 Å². The largest absolute Gasteiger partial charge is 0.479 e. The number of carboxylic acids is 1. The predicted octanol–water partition coefficient (Wildman–Crippen LogP) is -0.536. The molecule has 1 fully saturated rings. The van der Waals surface area contributed by atoms with Gasteiger partial charge in [-0.25, -0.2) is 4.79 Å². The normalized spacial score (nSPS) is 30.4. The Morgan fingerprint density at radius 1 is 1.42 bits per heavy atom. The maximum Gasteiger partial charge on any atom is 0.332 e. The van der Waals surface area contributed by atoms with Gasteiger partial charge in [-0.15, -0.1) is 0 Å². The lowest BCUT2D eigenvalue weighted by molar-refractivity contribution is -0.147. The molecule has 0 aliphatic carbocycles. The van der Waals surface area contributed by atoms with Crippen molar-refractivity contribution < 1.29 is 27.6 Å². The maximum absolute atomic E-state index is 10.4. The Morgan fingerprint density at radius 2 is 2.00 bits per heavy atom. The first-order valence-electron chi connectivity index (χ1n) is 3.26. The number of aliphatic carboxylic acids is 1. The first-order chi connectivity index (χ1) is 5.41. The van der Waals surface area contributed by atoms with Gasteiger partial charge in [-0.2, -0.15) is 8.42 Å². The van der Waals surface area contributed by atoms with Crippen molar-refractivity contribution in [3.63, 3.8) is 0 Å². The smallest absolute Gasteiger partial charge is 0.332 e. The summed E-state index contributed by atoms with van der Waals surface area (Å²) >= 11 is 0. The topological polar surface area (TPSA) is 101 Å². The van der Waals surface area contributed by atoms with Crippen LogP contribution in [0.2, 0.25) is 0 Å². The molecule has 6 nitrogen and oxygen atoms in total. The van der Waals surface area contributed by atoms with Crippen molar-refractivity contribution in [3.05, 3.63) is 0 Å². The number of hydrogen-bond donors (Lipinski definition) is 2. The van der Waals surface area contributed by atoms with Crippen molar-refractivity contribution in [1.29, 1.82) is 0 Å². The molecule has 1 heterocycles. The summed E-state index contributed by atoms with van der Waals surface area (Å²) in [6.07, 6.45) is -0.979. The second kappa shape index (κ2) is 3.00. The molecule has 70 valence electrons. The van der Waals surface area contributed by atoms with Crippen LogP contribution in [0.4, 0.5) is 0 Å². The van der Waals surface area contributed by atoms with Gasteiger partial charge < -0.3 is 9.84 Å². The molecule has 0 amide bonds. The standard InChI is InChI=1S/C5H8O6S/c6-5(7)3-1-2-4(11-3)12(8,9)10/h3-4H,1-2H2,(H,6,7)(H,8,9,10)/t3-,4+/m1/s1. The molecular weight excluding hydrogens is 188 g/mol. The Morgan fingerprint density at radius 3 is 2.25 bits per heavy atom. The zero-order valence-electron chi connectivity index (χ0n) is 6.00. The molecule has 0 spiro atoms. The minimum absolute atomic E-state index is 0.0236. The minimum Gasteiger partial charge on any atom is -0.479 e. The molecule has 2 atom stereocenters. The number of rotatable bonds is 2. The molecule has 12 heavy (non-hydrogen) atoms. The van der Waals surface area contributed by atoms with E-state index in [4.69, 9.17) is 9.66 Å². The summed E-state index contributed by atoms with van der Waals surface area (Å²) in [5.74, 6) is -1.21. The molecule has 0 aromatic carbocycles. The van der Waals surface area contributed by atoms with Crippen molar-refractivity contribution in [2.45, 2.75) is 24.4 Å². The first-order valence-corrected chi connectivity index (χ1v) is 4.76. The highest BCUT2D eigenvalue weighted by Gasteiger charge is 2.37. The van der Waals surface area contributed by atoms with Crippen LogP contribution in [0.15, 0.2) is 0 Å². The Bertz CT molecular complexity index is 280. The predicted molar refractivity (Wildman–Crippen MR) is 37.1 cm³/mol. The molecule has 1 rings (SSSR count). The highest BCUT2D eigenvalue weighted by Crippen LogP contribution is 2.22. The van der Waals surface area contributed by atoms with Crippen LogP contribution in [0, 0.1) is 0 Å². The fourth-order valence-electron chi connectivity index (χ4n) is 1.01. The van der Waals surface area contributed by atoms with E-state index in [9.17, 15) is 13.2 Å². The maximum atomic E-state index is 10.4.